The van der Waals surface area contributed by atoms with Crippen molar-refractivity contribution in [1.29, 1.82) is 0 Å². The molecule has 2 N–H and O–H groups in total. The zero-order valence-electron chi connectivity index (χ0n) is 11.8. The Balaban J connectivity index is 2.16. The average molecular weight is 267 g/mol. The third-order valence-corrected chi connectivity index (χ3v) is 3.95. The van der Waals surface area contributed by atoms with Gasteiger partial charge in [0.05, 0.1) is 6.20 Å². The van der Waals surface area contributed by atoms with Gasteiger partial charge >= 0.3 is 0 Å². The molecule has 0 radical (unpaired) electrons. The number of nitrogen functional groups attached to an aromatic ring is 1. The summed E-state index contributed by atoms with van der Waals surface area (Å²) in [5.41, 5.74) is 5.49. The molecule has 19 heavy (non-hydrogen) atoms. The molecule has 0 bridgehead atoms. The molecule has 1 aromatic heterocycles. The largest absolute Gasteiger partial charge is 0.472 e. The highest BCUT2D eigenvalue weighted by atomic mass is 19.1. The molecule has 0 spiro atoms. The standard InChI is InChI=1S/C14H22FN3O/c1-8(2)10-5-4-9(3)6-12(10)19-13-11(15)7-17-14(16)18-13/h7-10,12H,4-6H2,1-3H3,(H2,16,17,18). The van der Waals surface area contributed by atoms with Gasteiger partial charge in [-0.3, -0.25) is 0 Å². The van der Waals surface area contributed by atoms with E-state index in [1.54, 1.807) is 0 Å². The molecule has 0 aliphatic heterocycles. The van der Waals surface area contributed by atoms with Crippen LogP contribution in [-0.2, 0) is 0 Å². The van der Waals surface area contributed by atoms with E-state index in [1.807, 2.05) is 0 Å². The summed E-state index contributed by atoms with van der Waals surface area (Å²) in [6.07, 6.45) is 4.33. The maximum Gasteiger partial charge on any atom is 0.255 e. The summed E-state index contributed by atoms with van der Waals surface area (Å²) in [4.78, 5) is 7.47. The predicted molar refractivity (Wildman–Crippen MR) is 72.2 cm³/mol. The van der Waals surface area contributed by atoms with Gasteiger partial charge in [-0.15, -0.1) is 0 Å². The highest BCUT2D eigenvalue weighted by Crippen LogP contribution is 2.36. The smallest absolute Gasteiger partial charge is 0.255 e. The van der Waals surface area contributed by atoms with Crippen LogP contribution in [0.15, 0.2) is 6.20 Å². The summed E-state index contributed by atoms with van der Waals surface area (Å²) in [7, 11) is 0. The van der Waals surface area contributed by atoms with E-state index in [-0.39, 0.29) is 17.9 Å². The molecule has 0 aromatic carbocycles. The molecule has 2 rings (SSSR count). The molecular formula is C14H22FN3O. The number of nitrogens with zero attached hydrogens (tertiary/aromatic N) is 2. The zero-order valence-corrected chi connectivity index (χ0v) is 11.8. The summed E-state index contributed by atoms with van der Waals surface area (Å²) in [5.74, 6) is 1.03. The van der Waals surface area contributed by atoms with E-state index in [0.717, 1.165) is 19.0 Å². The molecule has 106 valence electrons. The molecular weight excluding hydrogens is 245 g/mol. The lowest BCUT2D eigenvalue weighted by molar-refractivity contribution is 0.0395. The summed E-state index contributed by atoms with van der Waals surface area (Å²) < 4.78 is 19.4. The Bertz CT molecular complexity index is 439. The van der Waals surface area contributed by atoms with Crippen molar-refractivity contribution in [3.05, 3.63) is 12.0 Å². The lowest BCUT2D eigenvalue weighted by Gasteiger charge is -2.36. The zero-order chi connectivity index (χ0) is 14.0. The highest BCUT2D eigenvalue weighted by Gasteiger charge is 2.33. The monoisotopic (exact) mass is 267 g/mol. The van der Waals surface area contributed by atoms with Crippen LogP contribution in [0.3, 0.4) is 0 Å². The van der Waals surface area contributed by atoms with Crippen molar-refractivity contribution >= 4 is 5.95 Å². The molecule has 4 nitrogen and oxygen atoms in total. The van der Waals surface area contributed by atoms with Crippen molar-refractivity contribution in [3.63, 3.8) is 0 Å². The fraction of sp³-hybridized carbons (Fsp3) is 0.714. The molecule has 1 aliphatic rings. The number of ether oxygens (including phenoxy) is 1. The molecule has 3 atom stereocenters. The van der Waals surface area contributed by atoms with Crippen molar-refractivity contribution in [2.45, 2.75) is 46.1 Å². The van der Waals surface area contributed by atoms with Crippen LogP contribution < -0.4 is 10.5 Å². The maximum atomic E-state index is 13.6. The second-order valence-corrected chi connectivity index (χ2v) is 5.86. The van der Waals surface area contributed by atoms with Gasteiger partial charge in [0, 0.05) is 0 Å². The van der Waals surface area contributed by atoms with Crippen LogP contribution in [0.1, 0.15) is 40.0 Å². The van der Waals surface area contributed by atoms with Crippen LogP contribution in [0.4, 0.5) is 10.3 Å². The van der Waals surface area contributed by atoms with Crippen LogP contribution in [0.25, 0.3) is 0 Å². The van der Waals surface area contributed by atoms with Crippen LogP contribution in [0, 0.1) is 23.6 Å². The number of halogens is 1. The first kappa shape index (κ1) is 14.0. The molecule has 0 amide bonds. The van der Waals surface area contributed by atoms with Gasteiger partial charge in [-0.1, -0.05) is 27.2 Å². The number of aromatic nitrogens is 2. The lowest BCUT2D eigenvalue weighted by Crippen LogP contribution is -2.36. The third kappa shape index (κ3) is 3.33. The topological polar surface area (TPSA) is 61.0 Å². The van der Waals surface area contributed by atoms with Crippen LogP contribution in [0.5, 0.6) is 5.88 Å². The van der Waals surface area contributed by atoms with Gasteiger partial charge in [0.25, 0.3) is 5.88 Å². The first-order chi connectivity index (χ1) is 8.97. The van der Waals surface area contributed by atoms with Gasteiger partial charge in [-0.2, -0.15) is 9.37 Å². The van der Waals surface area contributed by atoms with Crippen LogP contribution >= 0.6 is 0 Å². The van der Waals surface area contributed by atoms with Gasteiger partial charge in [-0.05, 0) is 30.6 Å². The Labute approximate surface area is 113 Å². The van der Waals surface area contributed by atoms with Crippen LogP contribution in [0.2, 0.25) is 0 Å². The Hall–Kier alpha value is -1.39. The van der Waals surface area contributed by atoms with E-state index in [4.69, 9.17) is 10.5 Å². The number of nitrogens with two attached hydrogens (primary N) is 1. The molecule has 5 heteroatoms. The van der Waals surface area contributed by atoms with Crippen molar-refractivity contribution in [2.24, 2.45) is 17.8 Å². The first-order valence-electron chi connectivity index (χ1n) is 6.92. The van der Waals surface area contributed by atoms with Crippen molar-refractivity contribution in [1.82, 2.24) is 9.97 Å². The SMILES string of the molecule is CC1CCC(C(C)C)C(Oc2nc(N)ncc2F)C1. The second kappa shape index (κ2) is 5.72. The van der Waals surface area contributed by atoms with Crippen molar-refractivity contribution < 1.29 is 9.13 Å². The molecule has 1 saturated carbocycles. The molecule has 1 heterocycles. The van der Waals surface area contributed by atoms with E-state index in [9.17, 15) is 4.39 Å². The van der Waals surface area contributed by atoms with E-state index >= 15 is 0 Å². The highest BCUT2D eigenvalue weighted by molar-refractivity contribution is 5.22. The fourth-order valence-electron chi connectivity index (χ4n) is 2.84. The van der Waals surface area contributed by atoms with E-state index in [0.29, 0.717) is 17.8 Å². The van der Waals surface area contributed by atoms with E-state index < -0.39 is 5.82 Å². The van der Waals surface area contributed by atoms with Gasteiger partial charge in [0.15, 0.2) is 0 Å². The number of hydrogen-bond donors (Lipinski definition) is 1. The predicted octanol–water partition coefficient (Wildman–Crippen LogP) is 3.04. The minimum Gasteiger partial charge on any atom is -0.472 e. The average Bonchev–Trinajstić information content (AvgIpc) is 2.33. The molecule has 0 saturated heterocycles. The van der Waals surface area contributed by atoms with Gasteiger partial charge < -0.3 is 10.5 Å². The van der Waals surface area contributed by atoms with Crippen molar-refractivity contribution in [2.75, 3.05) is 5.73 Å². The van der Waals surface area contributed by atoms with E-state index in [2.05, 4.69) is 30.7 Å². The van der Waals surface area contributed by atoms with Crippen LogP contribution in [-0.4, -0.2) is 16.1 Å². The summed E-state index contributed by atoms with van der Waals surface area (Å²) in [6, 6.07) is 0. The maximum absolute atomic E-state index is 13.6. The second-order valence-electron chi connectivity index (χ2n) is 5.86. The summed E-state index contributed by atoms with van der Waals surface area (Å²) in [5, 5.41) is 0. The lowest BCUT2D eigenvalue weighted by atomic mass is 9.75. The molecule has 3 unspecified atom stereocenters. The third-order valence-electron chi connectivity index (χ3n) is 3.95. The van der Waals surface area contributed by atoms with Crippen molar-refractivity contribution in [3.8, 4) is 5.88 Å². The minimum absolute atomic E-state index is 0.00699. The quantitative estimate of drug-likeness (QED) is 0.914. The van der Waals surface area contributed by atoms with Gasteiger partial charge in [0.2, 0.25) is 11.8 Å². The van der Waals surface area contributed by atoms with E-state index in [1.165, 1.54) is 6.42 Å². The Morgan fingerprint density at radius 1 is 1.42 bits per heavy atom. The fourth-order valence-corrected chi connectivity index (χ4v) is 2.84. The first-order valence-corrected chi connectivity index (χ1v) is 6.92. The Morgan fingerprint density at radius 2 is 2.16 bits per heavy atom. The number of rotatable bonds is 3. The number of anilines is 1. The molecule has 1 aromatic rings. The van der Waals surface area contributed by atoms with Gasteiger partial charge in [0.1, 0.15) is 6.10 Å². The Morgan fingerprint density at radius 3 is 2.84 bits per heavy atom. The minimum atomic E-state index is -0.546. The number of hydrogen-bond acceptors (Lipinski definition) is 4. The molecule has 1 aliphatic carbocycles. The summed E-state index contributed by atoms with van der Waals surface area (Å²) in [6.45, 7) is 6.57. The molecule has 1 fully saturated rings. The summed E-state index contributed by atoms with van der Waals surface area (Å²) >= 11 is 0. The normalized spacial score (nSPS) is 27.5. The van der Waals surface area contributed by atoms with Gasteiger partial charge in [-0.25, -0.2) is 4.98 Å². The Kier molecular flexibility index (Phi) is 4.22.